The van der Waals surface area contributed by atoms with E-state index in [2.05, 4.69) is 5.10 Å². The maximum atomic E-state index is 13.3. The van der Waals surface area contributed by atoms with Crippen molar-refractivity contribution in [1.82, 2.24) is 9.78 Å². The molecule has 0 aliphatic heterocycles. The number of esters is 2. The van der Waals surface area contributed by atoms with Crippen molar-refractivity contribution in [3.05, 3.63) is 70.7 Å². The Morgan fingerprint density at radius 3 is 2.63 bits per heavy atom. The number of rotatable bonds is 6. The first-order valence-electron chi connectivity index (χ1n) is 9.85. The fourth-order valence-electron chi connectivity index (χ4n) is 3.60. The number of halogens is 1. The van der Waals surface area contributed by atoms with Crippen molar-refractivity contribution in [2.75, 3.05) is 6.61 Å². The van der Waals surface area contributed by atoms with E-state index in [4.69, 9.17) is 13.9 Å². The molecular weight excluding hydrogens is 391 g/mol. The monoisotopic (exact) mass is 412 g/mol. The number of aromatic nitrogens is 2. The van der Waals surface area contributed by atoms with E-state index in [9.17, 15) is 14.0 Å². The predicted octanol–water partition coefficient (Wildman–Crippen LogP) is 4.02. The van der Waals surface area contributed by atoms with Gasteiger partial charge in [-0.05, 0) is 62.9 Å². The number of nitrogens with zero attached hydrogens (tertiary/aromatic N) is 2. The van der Waals surface area contributed by atoms with Crippen molar-refractivity contribution in [1.29, 1.82) is 0 Å². The minimum absolute atomic E-state index is 0.210. The molecule has 7 nitrogen and oxygen atoms in total. The summed E-state index contributed by atoms with van der Waals surface area (Å²) in [5.74, 6) is -1.25. The van der Waals surface area contributed by atoms with Crippen molar-refractivity contribution in [2.24, 2.45) is 0 Å². The maximum Gasteiger partial charge on any atom is 0.359 e. The van der Waals surface area contributed by atoms with E-state index >= 15 is 0 Å². The summed E-state index contributed by atoms with van der Waals surface area (Å²) in [6, 6.07) is 7.45. The first-order valence-corrected chi connectivity index (χ1v) is 9.85. The fraction of sp³-hybridized carbons (Fsp3) is 0.318. The first-order chi connectivity index (χ1) is 14.6. The van der Waals surface area contributed by atoms with Gasteiger partial charge in [0.1, 0.15) is 11.4 Å². The Hall–Kier alpha value is -3.42. The lowest BCUT2D eigenvalue weighted by Crippen LogP contribution is -2.12. The fourth-order valence-corrected chi connectivity index (χ4v) is 3.60. The molecular formula is C22H21FN2O5. The van der Waals surface area contributed by atoms with Crippen LogP contribution in [0.4, 0.5) is 4.39 Å². The highest BCUT2D eigenvalue weighted by molar-refractivity contribution is 5.91. The van der Waals surface area contributed by atoms with Crippen LogP contribution in [0.5, 0.6) is 0 Å². The van der Waals surface area contributed by atoms with E-state index in [1.165, 1.54) is 24.5 Å². The molecule has 0 unspecified atom stereocenters. The molecule has 0 N–H and O–H groups in total. The van der Waals surface area contributed by atoms with Crippen LogP contribution in [-0.2, 0) is 28.9 Å². The van der Waals surface area contributed by atoms with Crippen LogP contribution in [-0.4, -0.2) is 28.3 Å². The third kappa shape index (κ3) is 3.85. The molecule has 2 heterocycles. The van der Waals surface area contributed by atoms with Crippen LogP contribution < -0.4 is 0 Å². The second-order valence-corrected chi connectivity index (χ2v) is 6.92. The third-order valence-electron chi connectivity index (χ3n) is 5.02. The lowest BCUT2D eigenvalue weighted by atomic mass is 9.95. The number of ether oxygens (including phenoxy) is 2. The zero-order chi connectivity index (χ0) is 21.1. The van der Waals surface area contributed by atoms with E-state index in [0.717, 1.165) is 36.9 Å². The quantitative estimate of drug-likeness (QED) is 0.569. The molecule has 1 aliphatic rings. The van der Waals surface area contributed by atoms with E-state index in [1.807, 2.05) is 0 Å². The number of benzene rings is 1. The van der Waals surface area contributed by atoms with Gasteiger partial charge in [-0.15, -0.1) is 0 Å². The van der Waals surface area contributed by atoms with Crippen LogP contribution in [0.25, 0.3) is 5.69 Å². The van der Waals surface area contributed by atoms with Gasteiger partial charge in [-0.2, -0.15) is 5.10 Å². The molecule has 0 radical (unpaired) electrons. The van der Waals surface area contributed by atoms with E-state index in [-0.39, 0.29) is 36.0 Å². The van der Waals surface area contributed by atoms with Crippen LogP contribution in [0.2, 0.25) is 0 Å². The topological polar surface area (TPSA) is 83.6 Å². The van der Waals surface area contributed by atoms with Gasteiger partial charge >= 0.3 is 11.9 Å². The average Bonchev–Trinajstić information content (AvgIpc) is 3.38. The summed E-state index contributed by atoms with van der Waals surface area (Å²) in [4.78, 5) is 24.8. The van der Waals surface area contributed by atoms with Gasteiger partial charge < -0.3 is 13.9 Å². The van der Waals surface area contributed by atoms with Gasteiger partial charge in [0.25, 0.3) is 0 Å². The Labute approximate surface area is 172 Å². The van der Waals surface area contributed by atoms with Crippen molar-refractivity contribution >= 4 is 11.9 Å². The minimum Gasteiger partial charge on any atom is -0.465 e. The summed E-state index contributed by atoms with van der Waals surface area (Å²) in [5, 5.41) is 4.48. The molecule has 0 spiro atoms. The standard InChI is InChI=1S/C22H21FN2O5/c1-2-28-21(26)17-11-12-29-19(17)13-30-22(27)20-16-5-3-4-6-18(16)25(24-20)15-9-7-14(23)8-10-15/h7-12H,2-6,13H2,1H3. The van der Waals surface area contributed by atoms with Crippen LogP contribution in [0, 0.1) is 5.82 Å². The number of furan rings is 1. The van der Waals surface area contributed by atoms with Crippen molar-refractivity contribution in [3.8, 4) is 5.69 Å². The lowest BCUT2D eigenvalue weighted by Gasteiger charge is -2.14. The average molecular weight is 412 g/mol. The highest BCUT2D eigenvalue weighted by atomic mass is 19.1. The molecule has 0 fully saturated rings. The van der Waals surface area contributed by atoms with E-state index in [0.29, 0.717) is 5.69 Å². The van der Waals surface area contributed by atoms with Gasteiger partial charge in [0.15, 0.2) is 18.1 Å². The number of fused-ring (bicyclic) bond motifs is 1. The maximum absolute atomic E-state index is 13.3. The number of carbonyl (C=O) groups excluding carboxylic acids is 2. The molecule has 0 amide bonds. The van der Waals surface area contributed by atoms with Gasteiger partial charge in [0.2, 0.25) is 0 Å². The van der Waals surface area contributed by atoms with Gasteiger partial charge in [0, 0.05) is 11.3 Å². The zero-order valence-electron chi connectivity index (χ0n) is 16.5. The smallest absolute Gasteiger partial charge is 0.359 e. The van der Waals surface area contributed by atoms with Crippen molar-refractivity contribution < 1.29 is 27.9 Å². The molecule has 1 aromatic carbocycles. The molecule has 8 heteroatoms. The molecule has 3 aromatic rings. The Morgan fingerprint density at radius 1 is 1.10 bits per heavy atom. The van der Waals surface area contributed by atoms with Crippen LogP contribution in [0.3, 0.4) is 0 Å². The van der Waals surface area contributed by atoms with Crippen molar-refractivity contribution in [3.63, 3.8) is 0 Å². The van der Waals surface area contributed by atoms with Gasteiger partial charge in [-0.1, -0.05) is 0 Å². The molecule has 0 saturated heterocycles. The second kappa shape index (κ2) is 8.52. The van der Waals surface area contributed by atoms with Gasteiger partial charge in [0.05, 0.1) is 18.6 Å². The Kier molecular flexibility index (Phi) is 5.65. The minimum atomic E-state index is -0.597. The molecule has 2 aromatic heterocycles. The highest BCUT2D eigenvalue weighted by Crippen LogP contribution is 2.28. The summed E-state index contributed by atoms with van der Waals surface area (Å²) in [7, 11) is 0. The summed E-state index contributed by atoms with van der Waals surface area (Å²) in [6.07, 6.45) is 4.78. The summed E-state index contributed by atoms with van der Waals surface area (Å²) >= 11 is 0. The Balaban J connectivity index is 1.57. The van der Waals surface area contributed by atoms with Crippen LogP contribution in [0.15, 0.2) is 41.0 Å². The molecule has 4 rings (SSSR count). The van der Waals surface area contributed by atoms with Gasteiger partial charge in [-0.3, -0.25) is 0 Å². The molecule has 0 saturated carbocycles. The predicted molar refractivity (Wildman–Crippen MR) is 104 cm³/mol. The molecule has 30 heavy (non-hydrogen) atoms. The zero-order valence-corrected chi connectivity index (χ0v) is 16.5. The third-order valence-corrected chi connectivity index (χ3v) is 5.02. The van der Waals surface area contributed by atoms with E-state index in [1.54, 1.807) is 23.7 Å². The molecule has 156 valence electrons. The van der Waals surface area contributed by atoms with Gasteiger partial charge in [-0.25, -0.2) is 18.7 Å². The van der Waals surface area contributed by atoms with Crippen LogP contribution >= 0.6 is 0 Å². The lowest BCUT2D eigenvalue weighted by molar-refractivity contribution is 0.0415. The number of hydrogen-bond acceptors (Lipinski definition) is 6. The molecule has 0 bridgehead atoms. The van der Waals surface area contributed by atoms with E-state index < -0.39 is 11.9 Å². The second-order valence-electron chi connectivity index (χ2n) is 6.92. The number of hydrogen-bond donors (Lipinski definition) is 0. The number of carbonyl (C=O) groups is 2. The Morgan fingerprint density at radius 2 is 1.87 bits per heavy atom. The normalized spacial score (nSPS) is 13.0. The summed E-state index contributed by atoms with van der Waals surface area (Å²) in [5.41, 5.74) is 2.93. The molecule has 0 atom stereocenters. The SMILES string of the molecule is CCOC(=O)c1ccoc1COC(=O)c1nn(-c2ccc(F)cc2)c2c1CCCC2. The van der Waals surface area contributed by atoms with Crippen molar-refractivity contribution in [2.45, 2.75) is 39.2 Å². The summed E-state index contributed by atoms with van der Waals surface area (Å²) < 4.78 is 30.6. The van der Waals surface area contributed by atoms with Crippen LogP contribution in [0.1, 0.15) is 57.6 Å². The Bertz CT molecular complexity index is 1070. The molecule has 1 aliphatic carbocycles. The summed E-state index contributed by atoms with van der Waals surface area (Å²) in [6.45, 7) is 1.73. The highest BCUT2D eigenvalue weighted by Gasteiger charge is 2.27. The largest absolute Gasteiger partial charge is 0.465 e. The first kappa shape index (κ1) is 19.9.